The minimum atomic E-state index is -4.69. The first-order chi connectivity index (χ1) is 17.0. The maximum atomic E-state index is 13.3. The van der Waals surface area contributed by atoms with Crippen molar-refractivity contribution in [1.82, 2.24) is 4.90 Å². The smallest absolute Gasteiger partial charge is 0.416 e. The number of hydrogen-bond donors (Lipinski definition) is 1. The predicted molar refractivity (Wildman–Crippen MR) is 122 cm³/mol. The van der Waals surface area contributed by atoms with Gasteiger partial charge in [0, 0.05) is 25.6 Å². The van der Waals surface area contributed by atoms with Crippen molar-refractivity contribution < 1.29 is 45.7 Å². The lowest BCUT2D eigenvalue weighted by atomic mass is 9.93. The van der Waals surface area contributed by atoms with Gasteiger partial charge in [0.15, 0.2) is 11.5 Å². The zero-order valence-corrected chi connectivity index (χ0v) is 20.3. The summed E-state index contributed by atoms with van der Waals surface area (Å²) in [5.41, 5.74) is -2.38. The van der Waals surface area contributed by atoms with Crippen LogP contribution in [0, 0.1) is 5.92 Å². The number of benzene rings is 2. The van der Waals surface area contributed by atoms with E-state index in [1.807, 2.05) is 0 Å². The molecule has 1 amide bonds. The molecule has 2 aliphatic rings. The summed E-state index contributed by atoms with van der Waals surface area (Å²) in [4.78, 5) is 15.5. The maximum absolute atomic E-state index is 13.3. The van der Waals surface area contributed by atoms with E-state index in [9.17, 15) is 36.2 Å². The van der Waals surface area contributed by atoms with Gasteiger partial charge >= 0.3 is 18.4 Å². The Morgan fingerprint density at radius 3 is 1.95 bits per heavy atom. The Labute approximate surface area is 209 Å². The number of nitrogens with zero attached hydrogens (tertiary/aromatic N) is 2. The molecule has 37 heavy (non-hydrogen) atoms. The van der Waals surface area contributed by atoms with Crippen LogP contribution in [-0.2, 0) is 17.1 Å². The molecule has 0 unspecified atom stereocenters. The first-order valence-electron chi connectivity index (χ1n) is 11.6. The molecule has 2 heterocycles. The largest absolute Gasteiger partial charge is 0.453 e. The predicted octanol–water partition coefficient (Wildman–Crippen LogP) is 6.59. The lowest BCUT2D eigenvalue weighted by Gasteiger charge is -2.41. The first-order valence-corrected chi connectivity index (χ1v) is 11.6. The van der Waals surface area contributed by atoms with E-state index in [-0.39, 0.29) is 48.9 Å². The molecule has 1 fully saturated rings. The molecule has 0 bridgehead atoms. The fourth-order valence-corrected chi connectivity index (χ4v) is 4.36. The van der Waals surface area contributed by atoms with Gasteiger partial charge in [0.05, 0.1) is 28.6 Å². The normalized spacial score (nSPS) is 20.2. The summed E-state index contributed by atoms with van der Waals surface area (Å²) in [5.74, 6) is -1.11. The minimum absolute atomic E-state index is 0.000549. The third-order valence-corrected chi connectivity index (χ3v) is 6.14. The lowest BCUT2D eigenvalue weighted by Crippen LogP contribution is -2.50. The number of rotatable bonds is 2. The molecular weight excluding hydrogens is 506 g/mol. The van der Waals surface area contributed by atoms with Crippen molar-refractivity contribution in [3.63, 3.8) is 0 Å². The van der Waals surface area contributed by atoms with Crippen LogP contribution in [0.3, 0.4) is 0 Å². The molecule has 2 aliphatic heterocycles. The Hall–Kier alpha value is -3.15. The molecule has 12 heteroatoms. The summed E-state index contributed by atoms with van der Waals surface area (Å²) in [7, 11) is 0. The summed E-state index contributed by atoms with van der Waals surface area (Å²) >= 11 is 0. The van der Waals surface area contributed by atoms with E-state index in [0.29, 0.717) is 0 Å². The molecule has 1 saturated heterocycles. The van der Waals surface area contributed by atoms with Crippen molar-refractivity contribution >= 4 is 17.5 Å². The molecular formula is C25H26F6N2O4. The molecule has 6 nitrogen and oxygen atoms in total. The van der Waals surface area contributed by atoms with Gasteiger partial charge in [-0.15, -0.1) is 0 Å². The highest BCUT2D eigenvalue weighted by Gasteiger charge is 2.39. The highest BCUT2D eigenvalue weighted by molar-refractivity contribution is 5.79. The van der Waals surface area contributed by atoms with Gasteiger partial charge in [-0.05, 0) is 63.6 Å². The van der Waals surface area contributed by atoms with Crippen molar-refractivity contribution in [3.8, 4) is 11.5 Å². The summed E-state index contributed by atoms with van der Waals surface area (Å²) in [6.45, 7) is 5.47. The number of ether oxygens (including phenoxy) is 2. The van der Waals surface area contributed by atoms with E-state index in [0.717, 1.165) is 24.3 Å². The Kier molecular flexibility index (Phi) is 6.76. The number of carbonyl (C=O) groups excluding carboxylic acids is 1. The Bertz CT molecular complexity index is 1110. The summed E-state index contributed by atoms with van der Waals surface area (Å²) in [5, 5.41) is 10.7. The second-order valence-electron chi connectivity index (χ2n) is 10.1. The van der Waals surface area contributed by atoms with Gasteiger partial charge in [-0.2, -0.15) is 26.3 Å². The van der Waals surface area contributed by atoms with E-state index in [1.54, 1.807) is 20.8 Å². The number of carbonyl (C=O) groups is 1. The number of hydrogen-bond acceptors (Lipinski definition) is 5. The Morgan fingerprint density at radius 1 is 0.973 bits per heavy atom. The van der Waals surface area contributed by atoms with Crippen LogP contribution in [0.15, 0.2) is 36.4 Å². The zero-order valence-electron chi connectivity index (χ0n) is 20.3. The van der Waals surface area contributed by atoms with E-state index >= 15 is 0 Å². The van der Waals surface area contributed by atoms with E-state index < -0.39 is 47.2 Å². The molecule has 0 saturated carbocycles. The quantitative estimate of drug-likeness (QED) is 0.443. The summed E-state index contributed by atoms with van der Waals surface area (Å²) in [6, 6.07) is 5.54. The van der Waals surface area contributed by atoms with Crippen LogP contribution < -0.4 is 9.64 Å². The number of aliphatic hydroxyl groups excluding tert-OH is 1. The third kappa shape index (κ3) is 5.89. The average molecular weight is 532 g/mol. The first kappa shape index (κ1) is 26.9. The number of amides is 1. The molecule has 2 aromatic carbocycles. The highest BCUT2D eigenvalue weighted by atomic mass is 19.4. The molecule has 0 aromatic heterocycles. The number of anilines is 2. The van der Waals surface area contributed by atoms with Gasteiger partial charge < -0.3 is 24.4 Å². The van der Waals surface area contributed by atoms with Crippen molar-refractivity contribution in [1.29, 1.82) is 0 Å². The third-order valence-electron chi connectivity index (χ3n) is 6.14. The Morgan fingerprint density at radius 2 is 1.49 bits per heavy atom. The highest BCUT2D eigenvalue weighted by Crippen LogP contribution is 2.50. The fourth-order valence-electron chi connectivity index (χ4n) is 4.36. The monoisotopic (exact) mass is 532 g/mol. The topological polar surface area (TPSA) is 62.2 Å². The van der Waals surface area contributed by atoms with Gasteiger partial charge in [0.2, 0.25) is 0 Å². The average Bonchev–Trinajstić information content (AvgIpc) is 2.77. The number of halogens is 6. The number of alkyl halides is 6. The summed E-state index contributed by atoms with van der Waals surface area (Å²) in [6.07, 6.45) is -10.6. The van der Waals surface area contributed by atoms with Crippen molar-refractivity contribution in [2.24, 2.45) is 5.92 Å². The van der Waals surface area contributed by atoms with Crippen LogP contribution >= 0.6 is 0 Å². The van der Waals surface area contributed by atoms with Crippen molar-refractivity contribution in [2.75, 3.05) is 24.5 Å². The fraction of sp³-hybridized carbons (Fsp3) is 0.480. The SMILES string of the molecule is CC(C)(C)OC(=O)N1CC[C@H](O)[C@@H](CN2c3ccc(C(F)(F)F)cc3Oc3cc(C(F)(F)F)ccc32)C1. The maximum Gasteiger partial charge on any atom is 0.416 e. The molecule has 0 radical (unpaired) electrons. The van der Waals surface area contributed by atoms with Gasteiger partial charge in [-0.25, -0.2) is 4.79 Å². The number of fused-ring (bicyclic) bond motifs is 2. The van der Waals surface area contributed by atoms with Gasteiger partial charge in [0.1, 0.15) is 5.60 Å². The molecule has 0 aliphatic carbocycles. The van der Waals surface area contributed by atoms with Crippen molar-refractivity contribution in [3.05, 3.63) is 47.5 Å². The van der Waals surface area contributed by atoms with Gasteiger partial charge in [-0.1, -0.05) is 0 Å². The zero-order chi connectivity index (χ0) is 27.3. The minimum Gasteiger partial charge on any atom is -0.453 e. The molecule has 0 spiro atoms. The second-order valence-corrected chi connectivity index (χ2v) is 10.1. The van der Waals surface area contributed by atoms with Crippen LogP contribution in [-0.4, -0.2) is 47.4 Å². The van der Waals surface area contributed by atoms with Gasteiger partial charge in [-0.3, -0.25) is 0 Å². The molecule has 4 rings (SSSR count). The summed E-state index contributed by atoms with van der Waals surface area (Å²) < 4.78 is 90.9. The van der Waals surface area contributed by atoms with Crippen LogP contribution in [0.1, 0.15) is 38.3 Å². The van der Waals surface area contributed by atoms with E-state index in [1.165, 1.54) is 21.9 Å². The van der Waals surface area contributed by atoms with Crippen molar-refractivity contribution in [2.45, 2.75) is 51.2 Å². The second kappa shape index (κ2) is 9.30. The molecule has 202 valence electrons. The standard InChI is InChI=1S/C25H26F6N2O4/c1-23(2,3)37-22(35)32-9-8-19(34)14(12-32)13-33-17-6-4-15(24(26,27)28)10-20(17)36-21-11-16(25(29,30)31)5-7-18(21)33/h4-7,10-11,14,19,34H,8-9,12-13H2,1-3H3/t14-,19+/m1/s1. The Balaban J connectivity index is 1.69. The van der Waals surface area contributed by atoms with E-state index in [4.69, 9.17) is 9.47 Å². The van der Waals surface area contributed by atoms with Crippen LogP contribution in [0.25, 0.3) is 0 Å². The van der Waals surface area contributed by atoms with Crippen LogP contribution in [0.2, 0.25) is 0 Å². The number of aliphatic hydroxyl groups is 1. The lowest BCUT2D eigenvalue weighted by molar-refractivity contribution is -0.138. The molecule has 2 aromatic rings. The number of piperidine rings is 1. The van der Waals surface area contributed by atoms with Crippen LogP contribution in [0.4, 0.5) is 42.5 Å². The van der Waals surface area contributed by atoms with E-state index in [2.05, 4.69) is 0 Å². The van der Waals surface area contributed by atoms with Crippen LogP contribution in [0.5, 0.6) is 11.5 Å². The molecule has 2 atom stereocenters. The number of likely N-dealkylation sites (tertiary alicyclic amines) is 1. The molecule has 1 N–H and O–H groups in total. The van der Waals surface area contributed by atoms with Gasteiger partial charge in [0.25, 0.3) is 0 Å².